The SMILES string of the molecule is [C-]#[N+]c1ccc(C)n(-c2ccc(F)cc2)c1=O. The molecular formula is C13H9FN2O. The van der Waals surface area contributed by atoms with E-state index in [1.165, 1.54) is 34.9 Å². The average Bonchev–Trinajstić information content (AvgIpc) is 2.32. The Hall–Kier alpha value is -2.41. The highest BCUT2D eigenvalue weighted by Crippen LogP contribution is 2.13. The van der Waals surface area contributed by atoms with Crippen molar-refractivity contribution in [2.24, 2.45) is 0 Å². The Morgan fingerprint density at radius 3 is 2.41 bits per heavy atom. The van der Waals surface area contributed by atoms with E-state index in [4.69, 9.17) is 6.57 Å². The van der Waals surface area contributed by atoms with Gasteiger partial charge in [-0.25, -0.2) is 9.24 Å². The monoisotopic (exact) mass is 228 g/mol. The first kappa shape index (κ1) is 11.1. The van der Waals surface area contributed by atoms with Gasteiger partial charge in [0.05, 0.1) is 6.57 Å². The summed E-state index contributed by atoms with van der Waals surface area (Å²) in [6, 6.07) is 8.77. The molecule has 1 aromatic carbocycles. The maximum atomic E-state index is 12.8. The largest absolute Gasteiger partial charge is 0.290 e. The number of benzene rings is 1. The number of nitrogens with zero attached hydrogens (tertiary/aromatic N) is 2. The second-order valence-electron chi connectivity index (χ2n) is 3.59. The van der Waals surface area contributed by atoms with E-state index < -0.39 is 0 Å². The van der Waals surface area contributed by atoms with Gasteiger partial charge in [0.1, 0.15) is 5.82 Å². The summed E-state index contributed by atoms with van der Waals surface area (Å²) < 4.78 is 14.2. The van der Waals surface area contributed by atoms with Gasteiger partial charge in [-0.15, -0.1) is 0 Å². The molecule has 0 N–H and O–H groups in total. The highest BCUT2D eigenvalue weighted by atomic mass is 19.1. The molecule has 0 amide bonds. The van der Waals surface area contributed by atoms with Crippen molar-refractivity contribution in [3.05, 3.63) is 69.7 Å². The zero-order valence-corrected chi connectivity index (χ0v) is 9.14. The average molecular weight is 228 g/mol. The zero-order chi connectivity index (χ0) is 12.4. The van der Waals surface area contributed by atoms with Gasteiger partial charge in [-0.1, -0.05) is 6.07 Å². The fourth-order valence-corrected chi connectivity index (χ4v) is 1.62. The molecule has 17 heavy (non-hydrogen) atoms. The number of aryl methyl sites for hydroxylation is 1. The minimum absolute atomic E-state index is 0.0555. The molecule has 0 aliphatic heterocycles. The number of hydrogen-bond donors (Lipinski definition) is 0. The van der Waals surface area contributed by atoms with E-state index in [2.05, 4.69) is 4.85 Å². The van der Waals surface area contributed by atoms with E-state index in [1.807, 2.05) is 0 Å². The van der Waals surface area contributed by atoms with Crippen LogP contribution in [0.15, 0.2) is 41.2 Å². The quantitative estimate of drug-likeness (QED) is 0.689. The second kappa shape index (κ2) is 4.22. The predicted octanol–water partition coefficient (Wildman–Crippen LogP) is 2.84. The summed E-state index contributed by atoms with van der Waals surface area (Å²) in [4.78, 5) is 15.1. The lowest BCUT2D eigenvalue weighted by molar-refractivity contribution is 0.627. The molecule has 0 saturated carbocycles. The molecule has 4 heteroatoms. The summed E-state index contributed by atoms with van der Waals surface area (Å²) in [5, 5.41) is 0. The van der Waals surface area contributed by atoms with Gasteiger partial charge in [-0.05, 0) is 37.3 Å². The van der Waals surface area contributed by atoms with Crippen molar-refractivity contribution in [1.29, 1.82) is 0 Å². The molecule has 0 bridgehead atoms. The van der Waals surface area contributed by atoms with Gasteiger partial charge in [0.25, 0.3) is 11.2 Å². The van der Waals surface area contributed by atoms with E-state index >= 15 is 0 Å². The topological polar surface area (TPSA) is 26.4 Å². The Balaban J connectivity index is 2.71. The van der Waals surface area contributed by atoms with E-state index in [-0.39, 0.29) is 17.1 Å². The van der Waals surface area contributed by atoms with Crippen molar-refractivity contribution in [2.45, 2.75) is 6.92 Å². The van der Waals surface area contributed by atoms with Gasteiger partial charge in [0.15, 0.2) is 0 Å². The zero-order valence-electron chi connectivity index (χ0n) is 9.14. The Kier molecular flexibility index (Phi) is 2.75. The van der Waals surface area contributed by atoms with E-state index in [9.17, 15) is 9.18 Å². The lowest BCUT2D eigenvalue weighted by Gasteiger charge is -2.10. The van der Waals surface area contributed by atoms with Crippen LogP contribution in [0.5, 0.6) is 0 Å². The molecule has 2 rings (SSSR count). The molecule has 3 nitrogen and oxygen atoms in total. The predicted molar refractivity (Wildman–Crippen MR) is 63.0 cm³/mol. The van der Waals surface area contributed by atoms with E-state index in [1.54, 1.807) is 13.0 Å². The summed E-state index contributed by atoms with van der Waals surface area (Å²) >= 11 is 0. The lowest BCUT2D eigenvalue weighted by atomic mass is 10.2. The number of hydrogen-bond acceptors (Lipinski definition) is 1. The molecule has 0 spiro atoms. The van der Waals surface area contributed by atoms with Crippen LogP contribution in [0, 0.1) is 19.3 Å². The third kappa shape index (κ3) is 1.95. The molecule has 84 valence electrons. The number of aromatic nitrogens is 1. The maximum Gasteiger partial charge on any atom is 0.261 e. The number of pyridine rings is 1. The smallest absolute Gasteiger partial charge is 0.261 e. The molecule has 2 aromatic rings. The molecule has 1 aromatic heterocycles. The van der Waals surface area contributed by atoms with Crippen molar-refractivity contribution >= 4 is 5.69 Å². The fourth-order valence-electron chi connectivity index (χ4n) is 1.62. The van der Waals surface area contributed by atoms with Gasteiger partial charge in [-0.3, -0.25) is 9.36 Å². The van der Waals surface area contributed by atoms with Gasteiger partial charge < -0.3 is 0 Å². The van der Waals surface area contributed by atoms with Crippen LogP contribution in [0.4, 0.5) is 10.1 Å². The van der Waals surface area contributed by atoms with Crippen molar-refractivity contribution in [1.82, 2.24) is 4.57 Å². The third-order valence-corrected chi connectivity index (χ3v) is 2.46. The lowest BCUT2D eigenvalue weighted by Crippen LogP contribution is -2.19. The molecule has 0 unspecified atom stereocenters. The standard InChI is InChI=1S/C13H9FN2O/c1-9-3-8-12(15-2)13(17)16(9)11-6-4-10(14)5-7-11/h3-8H,1H3. The molecule has 0 saturated heterocycles. The van der Waals surface area contributed by atoms with Crippen LogP contribution in [0.2, 0.25) is 0 Å². The third-order valence-electron chi connectivity index (χ3n) is 2.46. The Morgan fingerprint density at radius 2 is 1.82 bits per heavy atom. The van der Waals surface area contributed by atoms with E-state index in [0.29, 0.717) is 11.4 Å². The second-order valence-corrected chi connectivity index (χ2v) is 3.59. The van der Waals surface area contributed by atoms with Crippen molar-refractivity contribution in [3.8, 4) is 5.69 Å². The minimum atomic E-state index is -0.383. The number of rotatable bonds is 1. The van der Waals surface area contributed by atoms with Crippen LogP contribution in [0.1, 0.15) is 5.69 Å². The van der Waals surface area contributed by atoms with E-state index in [0.717, 1.165) is 0 Å². The summed E-state index contributed by atoms with van der Waals surface area (Å²) in [5.74, 6) is -0.360. The van der Waals surface area contributed by atoms with Crippen LogP contribution < -0.4 is 5.56 Å². The summed E-state index contributed by atoms with van der Waals surface area (Å²) in [6.07, 6.45) is 0. The van der Waals surface area contributed by atoms with Gasteiger partial charge in [0.2, 0.25) is 0 Å². The Labute approximate surface area is 97.6 Å². The first-order valence-electron chi connectivity index (χ1n) is 4.99. The first-order chi connectivity index (χ1) is 8.13. The van der Waals surface area contributed by atoms with Gasteiger partial charge in [-0.2, -0.15) is 0 Å². The van der Waals surface area contributed by atoms with Crippen LogP contribution in [-0.2, 0) is 0 Å². The molecule has 0 aliphatic rings. The highest BCUT2D eigenvalue weighted by Gasteiger charge is 2.07. The molecule has 0 atom stereocenters. The Morgan fingerprint density at radius 1 is 1.18 bits per heavy atom. The number of halogens is 1. The molecule has 1 heterocycles. The Bertz CT molecular complexity index is 651. The van der Waals surface area contributed by atoms with Crippen LogP contribution in [-0.4, -0.2) is 4.57 Å². The molecular weight excluding hydrogens is 219 g/mol. The summed E-state index contributed by atoms with van der Waals surface area (Å²) in [5.41, 5.74) is 0.931. The summed E-state index contributed by atoms with van der Waals surface area (Å²) in [7, 11) is 0. The van der Waals surface area contributed by atoms with Gasteiger partial charge in [0, 0.05) is 11.4 Å². The van der Waals surface area contributed by atoms with Crippen molar-refractivity contribution in [2.75, 3.05) is 0 Å². The van der Waals surface area contributed by atoms with Crippen LogP contribution in [0.3, 0.4) is 0 Å². The van der Waals surface area contributed by atoms with Gasteiger partial charge >= 0.3 is 0 Å². The fraction of sp³-hybridized carbons (Fsp3) is 0.0769. The van der Waals surface area contributed by atoms with Crippen LogP contribution >= 0.6 is 0 Å². The normalized spacial score (nSPS) is 9.94. The molecule has 0 radical (unpaired) electrons. The van der Waals surface area contributed by atoms with Crippen LogP contribution in [0.25, 0.3) is 10.5 Å². The van der Waals surface area contributed by atoms with Crippen molar-refractivity contribution < 1.29 is 4.39 Å². The first-order valence-corrected chi connectivity index (χ1v) is 4.99. The molecule has 0 fully saturated rings. The highest BCUT2D eigenvalue weighted by molar-refractivity contribution is 5.46. The molecule has 0 aliphatic carbocycles. The van der Waals surface area contributed by atoms with Crippen molar-refractivity contribution in [3.63, 3.8) is 0 Å². The summed E-state index contributed by atoms with van der Waals surface area (Å²) in [6.45, 7) is 8.66. The maximum absolute atomic E-state index is 12.8. The minimum Gasteiger partial charge on any atom is -0.290 e.